The Kier molecular flexibility index (Phi) is 5.68. The Labute approximate surface area is 147 Å². The summed E-state index contributed by atoms with van der Waals surface area (Å²) in [5.41, 5.74) is 0. The molecule has 1 amide bonds. The Balaban J connectivity index is 1.59. The molecule has 1 aliphatic rings. The maximum absolute atomic E-state index is 12.7. The number of carbonyl (C=O) groups excluding carboxylic acids is 1. The smallest absolute Gasteiger partial charge is 0.263 e. The molecule has 24 heavy (non-hydrogen) atoms. The predicted octanol–water partition coefficient (Wildman–Crippen LogP) is 2.88. The van der Waals surface area contributed by atoms with Crippen LogP contribution in [0.25, 0.3) is 0 Å². The topological polar surface area (TPSA) is 41.4 Å². The van der Waals surface area contributed by atoms with E-state index in [0.29, 0.717) is 0 Å². The Morgan fingerprint density at radius 2 is 2.08 bits per heavy atom. The second-order valence-corrected chi connectivity index (χ2v) is 7.34. The minimum Gasteiger partial charge on any atom is -0.337 e. The fourth-order valence-electron chi connectivity index (χ4n) is 3.15. The van der Waals surface area contributed by atoms with Crippen LogP contribution in [-0.4, -0.2) is 51.4 Å². The van der Waals surface area contributed by atoms with E-state index in [4.69, 9.17) is 0 Å². The quantitative estimate of drug-likeness (QED) is 0.836. The van der Waals surface area contributed by atoms with E-state index in [-0.39, 0.29) is 5.91 Å². The molecular formula is C18H26N4OS. The van der Waals surface area contributed by atoms with Crippen LogP contribution >= 0.6 is 11.3 Å². The summed E-state index contributed by atoms with van der Waals surface area (Å²) in [5, 5.41) is 0. The molecule has 3 rings (SSSR count). The molecule has 0 N–H and O–H groups in total. The van der Waals surface area contributed by atoms with Crippen LogP contribution in [0.3, 0.4) is 0 Å². The second kappa shape index (κ2) is 7.94. The second-order valence-electron chi connectivity index (χ2n) is 6.17. The lowest BCUT2D eigenvalue weighted by Crippen LogP contribution is -2.35. The summed E-state index contributed by atoms with van der Waals surface area (Å²) in [6.45, 7) is 9.65. The molecular weight excluding hydrogens is 320 g/mol. The normalized spacial score (nSPS) is 16.3. The standard InChI is InChI=1S/C18H26N4OS/c1-3-15-6-7-16(24-15)18(23)22-10-5-9-20(12-13-22)14-17-19-8-11-21(17)4-2/h6-8,11H,3-5,9-10,12-14H2,1-2H3. The highest BCUT2D eigenvalue weighted by Gasteiger charge is 2.22. The van der Waals surface area contributed by atoms with Crippen molar-refractivity contribution in [3.05, 3.63) is 40.1 Å². The van der Waals surface area contributed by atoms with Crippen LogP contribution in [-0.2, 0) is 19.5 Å². The van der Waals surface area contributed by atoms with Crippen LogP contribution in [0.4, 0.5) is 0 Å². The lowest BCUT2D eigenvalue weighted by Gasteiger charge is -2.21. The SMILES string of the molecule is CCc1ccc(C(=O)N2CCCN(Cc3nccn3CC)CC2)s1. The lowest BCUT2D eigenvalue weighted by atomic mass is 10.3. The van der Waals surface area contributed by atoms with E-state index in [2.05, 4.69) is 34.4 Å². The Morgan fingerprint density at radius 3 is 2.83 bits per heavy atom. The molecule has 3 heterocycles. The van der Waals surface area contributed by atoms with Gasteiger partial charge in [-0.3, -0.25) is 9.69 Å². The van der Waals surface area contributed by atoms with Crippen LogP contribution in [0.5, 0.6) is 0 Å². The van der Waals surface area contributed by atoms with Gasteiger partial charge in [-0.2, -0.15) is 0 Å². The van der Waals surface area contributed by atoms with E-state index in [1.807, 2.05) is 23.4 Å². The molecule has 0 atom stereocenters. The molecule has 1 saturated heterocycles. The van der Waals surface area contributed by atoms with Crippen LogP contribution in [0.1, 0.15) is 40.6 Å². The fourth-order valence-corrected chi connectivity index (χ4v) is 4.07. The number of hydrogen-bond donors (Lipinski definition) is 0. The number of nitrogens with zero attached hydrogens (tertiary/aromatic N) is 4. The minimum absolute atomic E-state index is 0.191. The summed E-state index contributed by atoms with van der Waals surface area (Å²) in [5.74, 6) is 1.31. The third kappa shape index (κ3) is 3.87. The number of thiophene rings is 1. The molecule has 0 unspecified atom stereocenters. The number of rotatable bonds is 5. The molecule has 1 fully saturated rings. The maximum Gasteiger partial charge on any atom is 0.263 e. The molecule has 0 spiro atoms. The third-order valence-corrected chi connectivity index (χ3v) is 5.82. The molecule has 5 nitrogen and oxygen atoms in total. The molecule has 130 valence electrons. The van der Waals surface area contributed by atoms with Crippen molar-refractivity contribution in [3.8, 4) is 0 Å². The highest BCUT2D eigenvalue weighted by molar-refractivity contribution is 7.14. The van der Waals surface area contributed by atoms with Crippen molar-refractivity contribution in [1.82, 2.24) is 19.4 Å². The van der Waals surface area contributed by atoms with Gasteiger partial charge in [-0.25, -0.2) is 4.98 Å². The van der Waals surface area contributed by atoms with E-state index in [1.54, 1.807) is 11.3 Å². The van der Waals surface area contributed by atoms with Gasteiger partial charge in [0.2, 0.25) is 0 Å². The Hall–Kier alpha value is -1.66. The van der Waals surface area contributed by atoms with Crippen LogP contribution in [0.2, 0.25) is 0 Å². The lowest BCUT2D eigenvalue weighted by molar-refractivity contribution is 0.0766. The first-order chi connectivity index (χ1) is 11.7. The van der Waals surface area contributed by atoms with Crippen molar-refractivity contribution >= 4 is 17.2 Å². The third-order valence-electron chi connectivity index (χ3n) is 4.60. The van der Waals surface area contributed by atoms with E-state index < -0.39 is 0 Å². The van der Waals surface area contributed by atoms with Crippen molar-refractivity contribution in [2.75, 3.05) is 26.2 Å². The van der Waals surface area contributed by atoms with Gasteiger partial charge in [-0.15, -0.1) is 11.3 Å². The number of imidazole rings is 1. The molecule has 0 aliphatic carbocycles. The van der Waals surface area contributed by atoms with Gasteiger partial charge in [-0.05, 0) is 31.9 Å². The monoisotopic (exact) mass is 346 g/mol. The average Bonchev–Trinajstić information content (AvgIpc) is 3.19. The van der Waals surface area contributed by atoms with E-state index in [0.717, 1.165) is 62.8 Å². The average molecular weight is 347 g/mol. The first kappa shape index (κ1) is 17.2. The van der Waals surface area contributed by atoms with Gasteiger partial charge in [0.15, 0.2) is 0 Å². The first-order valence-electron chi connectivity index (χ1n) is 8.81. The van der Waals surface area contributed by atoms with Gasteiger partial charge in [-0.1, -0.05) is 6.92 Å². The largest absolute Gasteiger partial charge is 0.337 e. The van der Waals surface area contributed by atoms with Crippen molar-refractivity contribution < 1.29 is 4.79 Å². The zero-order valence-corrected chi connectivity index (χ0v) is 15.4. The molecule has 0 saturated carbocycles. The molecule has 2 aromatic rings. The Morgan fingerprint density at radius 1 is 1.21 bits per heavy atom. The van der Waals surface area contributed by atoms with E-state index in [9.17, 15) is 4.79 Å². The maximum atomic E-state index is 12.7. The predicted molar refractivity (Wildman–Crippen MR) is 97.4 cm³/mol. The summed E-state index contributed by atoms with van der Waals surface area (Å²) < 4.78 is 2.19. The summed E-state index contributed by atoms with van der Waals surface area (Å²) in [6.07, 6.45) is 5.92. The van der Waals surface area contributed by atoms with Crippen LogP contribution in [0.15, 0.2) is 24.5 Å². The minimum atomic E-state index is 0.191. The number of aromatic nitrogens is 2. The summed E-state index contributed by atoms with van der Waals surface area (Å²) in [7, 11) is 0. The van der Waals surface area contributed by atoms with Gasteiger partial charge in [0.25, 0.3) is 5.91 Å². The molecule has 1 aliphatic heterocycles. The summed E-state index contributed by atoms with van der Waals surface area (Å²) >= 11 is 1.63. The van der Waals surface area contributed by atoms with Gasteiger partial charge in [0.1, 0.15) is 5.82 Å². The zero-order chi connectivity index (χ0) is 16.9. The number of carbonyl (C=O) groups is 1. The van der Waals surface area contributed by atoms with Crippen LogP contribution in [0, 0.1) is 0 Å². The van der Waals surface area contributed by atoms with Crippen molar-refractivity contribution in [2.24, 2.45) is 0 Å². The van der Waals surface area contributed by atoms with E-state index in [1.165, 1.54) is 4.88 Å². The fraction of sp³-hybridized carbons (Fsp3) is 0.556. The molecule has 2 aromatic heterocycles. The van der Waals surface area contributed by atoms with E-state index >= 15 is 0 Å². The summed E-state index contributed by atoms with van der Waals surface area (Å²) in [6, 6.07) is 4.05. The highest BCUT2D eigenvalue weighted by Crippen LogP contribution is 2.20. The molecule has 6 heteroatoms. The summed E-state index contributed by atoms with van der Waals surface area (Å²) in [4.78, 5) is 23.8. The first-order valence-corrected chi connectivity index (χ1v) is 9.63. The van der Waals surface area contributed by atoms with Gasteiger partial charge >= 0.3 is 0 Å². The van der Waals surface area contributed by atoms with Gasteiger partial charge in [0, 0.05) is 50.0 Å². The molecule has 0 aromatic carbocycles. The number of amides is 1. The van der Waals surface area contributed by atoms with Crippen molar-refractivity contribution in [2.45, 2.75) is 39.8 Å². The van der Waals surface area contributed by atoms with Crippen molar-refractivity contribution in [1.29, 1.82) is 0 Å². The van der Waals surface area contributed by atoms with Gasteiger partial charge in [0.05, 0.1) is 11.4 Å². The van der Waals surface area contributed by atoms with Crippen molar-refractivity contribution in [3.63, 3.8) is 0 Å². The van der Waals surface area contributed by atoms with Crippen LogP contribution < -0.4 is 0 Å². The highest BCUT2D eigenvalue weighted by atomic mass is 32.1. The molecule has 0 radical (unpaired) electrons. The number of aryl methyl sites for hydroxylation is 2. The van der Waals surface area contributed by atoms with Gasteiger partial charge < -0.3 is 9.47 Å². The zero-order valence-electron chi connectivity index (χ0n) is 14.6. The number of hydrogen-bond acceptors (Lipinski definition) is 4. The molecule has 0 bridgehead atoms. The Bertz CT molecular complexity index is 678.